The monoisotopic (exact) mass is 352 g/mol. The van der Waals surface area contributed by atoms with Crippen LogP contribution in [-0.4, -0.2) is 22.2 Å². The predicted octanol–water partition coefficient (Wildman–Crippen LogP) is 5.95. The summed E-state index contributed by atoms with van der Waals surface area (Å²) in [4.78, 5) is 24.5. The molecular weight excluding hydrogens is 316 g/mol. The third-order valence-corrected chi connectivity index (χ3v) is 5.58. The fourth-order valence-corrected chi connectivity index (χ4v) is 4.13. The average Bonchev–Trinajstić information content (AvgIpc) is 2.59. The first-order valence-corrected chi connectivity index (χ1v) is 10.2. The zero-order valence-corrected chi connectivity index (χ0v) is 16.1. The van der Waals surface area contributed by atoms with Gasteiger partial charge in [-0.2, -0.15) is 0 Å². The Morgan fingerprint density at radius 1 is 0.840 bits per heavy atom. The van der Waals surface area contributed by atoms with Crippen molar-refractivity contribution in [3.05, 3.63) is 11.1 Å². The molecule has 0 aromatic rings. The zero-order valence-electron chi connectivity index (χ0n) is 16.1. The van der Waals surface area contributed by atoms with Crippen molar-refractivity contribution < 1.29 is 19.8 Å². The lowest BCUT2D eigenvalue weighted by Crippen LogP contribution is -2.38. The first kappa shape index (κ1) is 21.7. The average molecular weight is 353 g/mol. The van der Waals surface area contributed by atoms with Gasteiger partial charge in [0.25, 0.3) is 0 Å². The Kier molecular flexibility index (Phi) is 9.84. The molecule has 1 saturated carbocycles. The van der Waals surface area contributed by atoms with Crippen LogP contribution in [-0.2, 0) is 9.59 Å². The lowest BCUT2D eigenvalue weighted by atomic mass is 9.69. The molecule has 0 aromatic carbocycles. The molecule has 0 saturated heterocycles. The molecule has 0 aliphatic heterocycles. The van der Waals surface area contributed by atoms with E-state index in [2.05, 4.69) is 6.92 Å². The number of aliphatic carboxylic acids is 2. The number of carboxylic acids is 2. The first-order chi connectivity index (χ1) is 12.0. The van der Waals surface area contributed by atoms with Crippen LogP contribution in [0.15, 0.2) is 11.1 Å². The lowest BCUT2D eigenvalue weighted by molar-refractivity contribution is -0.151. The smallest absolute Gasteiger partial charge is 0.332 e. The molecule has 0 spiro atoms. The third kappa shape index (κ3) is 6.16. The highest BCUT2D eigenvalue weighted by Gasteiger charge is 2.45. The molecule has 1 atom stereocenters. The van der Waals surface area contributed by atoms with E-state index in [0.717, 1.165) is 82.6 Å². The second-order valence-electron chi connectivity index (χ2n) is 7.50. The maximum absolute atomic E-state index is 12.3. The summed E-state index contributed by atoms with van der Waals surface area (Å²) < 4.78 is 0. The van der Waals surface area contributed by atoms with E-state index < -0.39 is 17.4 Å². The van der Waals surface area contributed by atoms with Gasteiger partial charge < -0.3 is 10.2 Å². The maximum Gasteiger partial charge on any atom is 0.332 e. The number of carboxylic acid groups (broad SMARTS) is 2. The van der Waals surface area contributed by atoms with Gasteiger partial charge in [0.2, 0.25) is 0 Å². The van der Waals surface area contributed by atoms with Crippen LogP contribution in [0.2, 0.25) is 0 Å². The minimum Gasteiger partial charge on any atom is -0.481 e. The Balaban J connectivity index is 3.15. The van der Waals surface area contributed by atoms with Crippen LogP contribution in [0.4, 0.5) is 0 Å². The van der Waals surface area contributed by atoms with Crippen LogP contribution in [0.25, 0.3) is 0 Å². The topological polar surface area (TPSA) is 74.6 Å². The highest BCUT2D eigenvalue weighted by molar-refractivity contribution is 5.97. The number of hydrogen-bond donors (Lipinski definition) is 2. The SMILES string of the molecule is CCCCCCCC(CCCC)(C(=O)O)C(C(=O)O)=C1CCCCC1. The van der Waals surface area contributed by atoms with Crippen LogP contribution >= 0.6 is 0 Å². The highest BCUT2D eigenvalue weighted by atomic mass is 16.4. The van der Waals surface area contributed by atoms with E-state index >= 15 is 0 Å². The third-order valence-electron chi connectivity index (χ3n) is 5.58. The van der Waals surface area contributed by atoms with Crippen molar-refractivity contribution >= 4 is 11.9 Å². The molecule has 1 fully saturated rings. The quantitative estimate of drug-likeness (QED) is 0.336. The first-order valence-electron chi connectivity index (χ1n) is 10.2. The molecule has 25 heavy (non-hydrogen) atoms. The fourth-order valence-electron chi connectivity index (χ4n) is 4.13. The van der Waals surface area contributed by atoms with Crippen molar-refractivity contribution in [1.29, 1.82) is 0 Å². The second-order valence-corrected chi connectivity index (χ2v) is 7.50. The van der Waals surface area contributed by atoms with E-state index in [1.54, 1.807) is 0 Å². The number of carbonyl (C=O) groups is 2. The largest absolute Gasteiger partial charge is 0.481 e. The van der Waals surface area contributed by atoms with Crippen molar-refractivity contribution in [3.63, 3.8) is 0 Å². The minimum atomic E-state index is -1.21. The molecule has 0 bridgehead atoms. The van der Waals surface area contributed by atoms with Gasteiger partial charge in [-0.25, -0.2) is 4.79 Å². The van der Waals surface area contributed by atoms with E-state index in [0.29, 0.717) is 12.8 Å². The summed E-state index contributed by atoms with van der Waals surface area (Å²) in [5.74, 6) is -1.95. The molecular formula is C21H36O4. The molecule has 0 radical (unpaired) electrons. The minimum absolute atomic E-state index is 0.226. The summed E-state index contributed by atoms with van der Waals surface area (Å²) in [6.45, 7) is 4.18. The normalized spacial score (nSPS) is 17.1. The molecule has 1 aliphatic carbocycles. The number of rotatable bonds is 12. The molecule has 4 nitrogen and oxygen atoms in total. The van der Waals surface area contributed by atoms with Gasteiger partial charge in [-0.15, -0.1) is 0 Å². The van der Waals surface area contributed by atoms with E-state index in [-0.39, 0.29) is 5.57 Å². The van der Waals surface area contributed by atoms with E-state index in [1.165, 1.54) is 0 Å². The van der Waals surface area contributed by atoms with E-state index in [9.17, 15) is 19.8 Å². The number of hydrogen-bond acceptors (Lipinski definition) is 2. The lowest BCUT2D eigenvalue weighted by Gasteiger charge is -2.33. The van der Waals surface area contributed by atoms with Gasteiger partial charge in [0.1, 0.15) is 0 Å². The molecule has 1 rings (SSSR count). The Morgan fingerprint density at radius 3 is 1.92 bits per heavy atom. The van der Waals surface area contributed by atoms with Crippen LogP contribution < -0.4 is 0 Å². The van der Waals surface area contributed by atoms with Crippen molar-refractivity contribution in [2.24, 2.45) is 5.41 Å². The van der Waals surface area contributed by atoms with Gasteiger partial charge in [-0.3, -0.25) is 4.79 Å². The van der Waals surface area contributed by atoms with Gasteiger partial charge in [0, 0.05) is 0 Å². The molecule has 0 amide bonds. The van der Waals surface area contributed by atoms with E-state index in [4.69, 9.17) is 0 Å². The summed E-state index contributed by atoms with van der Waals surface area (Å²) in [5.41, 5.74) is -0.0877. The molecule has 144 valence electrons. The van der Waals surface area contributed by atoms with Crippen molar-refractivity contribution in [3.8, 4) is 0 Å². The second kappa shape index (κ2) is 11.3. The molecule has 0 heterocycles. The highest BCUT2D eigenvalue weighted by Crippen LogP contribution is 2.43. The summed E-state index contributed by atoms with van der Waals surface area (Å²) in [6, 6.07) is 0. The summed E-state index contributed by atoms with van der Waals surface area (Å²) >= 11 is 0. The van der Waals surface area contributed by atoms with Gasteiger partial charge in [0.05, 0.1) is 11.0 Å². The van der Waals surface area contributed by atoms with Crippen molar-refractivity contribution in [2.45, 2.75) is 104 Å². The Morgan fingerprint density at radius 2 is 1.40 bits per heavy atom. The molecule has 0 aromatic heterocycles. The van der Waals surface area contributed by atoms with Gasteiger partial charge >= 0.3 is 11.9 Å². The standard InChI is InChI=1S/C21H36O4/c1-3-5-7-8-12-16-21(20(24)25,15-6-4-2)18(19(22)23)17-13-10-9-11-14-17/h3-16H2,1-2H3,(H,22,23)(H,24,25). The van der Waals surface area contributed by atoms with Crippen LogP contribution in [0, 0.1) is 5.41 Å². The van der Waals surface area contributed by atoms with Gasteiger partial charge in [-0.05, 0) is 38.5 Å². The molecule has 1 unspecified atom stereocenters. The maximum atomic E-state index is 12.3. The Labute approximate surface area is 152 Å². The van der Waals surface area contributed by atoms with Crippen molar-refractivity contribution in [1.82, 2.24) is 0 Å². The Bertz CT molecular complexity index is 459. The summed E-state index contributed by atoms with van der Waals surface area (Å²) in [7, 11) is 0. The van der Waals surface area contributed by atoms with E-state index in [1.807, 2.05) is 6.92 Å². The molecule has 1 aliphatic rings. The number of allylic oxidation sites excluding steroid dienone is 1. The molecule has 4 heteroatoms. The number of unbranched alkanes of at least 4 members (excludes halogenated alkanes) is 5. The van der Waals surface area contributed by atoms with Crippen LogP contribution in [0.1, 0.15) is 104 Å². The molecule has 2 N–H and O–H groups in total. The van der Waals surface area contributed by atoms with Crippen LogP contribution in [0.3, 0.4) is 0 Å². The predicted molar refractivity (Wildman–Crippen MR) is 101 cm³/mol. The fraction of sp³-hybridized carbons (Fsp3) is 0.810. The Hall–Kier alpha value is -1.32. The zero-order chi connectivity index (χ0) is 18.7. The summed E-state index contributed by atoms with van der Waals surface area (Å²) in [5, 5.41) is 20.0. The van der Waals surface area contributed by atoms with Gasteiger partial charge in [-0.1, -0.05) is 70.8 Å². The summed E-state index contributed by atoms with van der Waals surface area (Å²) in [6.07, 6.45) is 12.3. The van der Waals surface area contributed by atoms with Crippen LogP contribution in [0.5, 0.6) is 0 Å². The van der Waals surface area contributed by atoms with Crippen molar-refractivity contribution in [2.75, 3.05) is 0 Å². The van der Waals surface area contributed by atoms with Gasteiger partial charge in [0.15, 0.2) is 0 Å².